The Hall–Kier alpha value is -0.730. The van der Waals surface area contributed by atoms with Gasteiger partial charge in [0.05, 0.1) is 0 Å². The van der Waals surface area contributed by atoms with Crippen LogP contribution in [-0.2, 0) is 4.74 Å². The van der Waals surface area contributed by atoms with E-state index in [1.807, 2.05) is 25.7 Å². The van der Waals surface area contributed by atoms with E-state index in [4.69, 9.17) is 4.74 Å². The highest BCUT2D eigenvalue weighted by Gasteiger charge is 2.33. The van der Waals surface area contributed by atoms with Gasteiger partial charge in [-0.1, -0.05) is 13.3 Å². The lowest BCUT2D eigenvalue weighted by molar-refractivity contribution is -0.00403. The zero-order valence-corrected chi connectivity index (χ0v) is 12.0. The molecule has 100 valence electrons. The molecule has 0 aromatic heterocycles. The summed E-state index contributed by atoms with van der Waals surface area (Å²) in [5, 5.41) is 0. The molecule has 1 aliphatic heterocycles. The first-order chi connectivity index (χ1) is 7.85. The molecule has 1 fully saturated rings. The molecule has 3 heteroatoms. The molecule has 0 spiro atoms. The highest BCUT2D eigenvalue weighted by atomic mass is 16.6. The van der Waals surface area contributed by atoms with Crippen molar-refractivity contribution in [3.63, 3.8) is 0 Å². The molecular weight excluding hydrogens is 214 g/mol. The van der Waals surface area contributed by atoms with Gasteiger partial charge in [-0.2, -0.15) is 0 Å². The van der Waals surface area contributed by atoms with Crippen LogP contribution in [0.2, 0.25) is 0 Å². The van der Waals surface area contributed by atoms with Gasteiger partial charge in [-0.3, -0.25) is 0 Å². The van der Waals surface area contributed by atoms with Crippen LogP contribution in [0, 0.1) is 0 Å². The zero-order chi connectivity index (χ0) is 13.1. The van der Waals surface area contributed by atoms with Crippen molar-refractivity contribution in [2.45, 2.75) is 84.4 Å². The molecule has 0 unspecified atom stereocenters. The summed E-state index contributed by atoms with van der Waals surface area (Å²) >= 11 is 0. The summed E-state index contributed by atoms with van der Waals surface area (Å²) in [4.78, 5) is 14.2. The number of amides is 1. The minimum atomic E-state index is -0.398. The standard InChI is InChI=1S/C14H27NO2/c1-6-8-12-10-7-9-11(2)15(12)13(16)17-14(3,4)5/h11-12H,6-10H2,1-5H3/t11-,12+/m0/s1. The van der Waals surface area contributed by atoms with Crippen LogP contribution < -0.4 is 0 Å². The van der Waals surface area contributed by atoms with Gasteiger partial charge in [0.25, 0.3) is 0 Å². The maximum absolute atomic E-state index is 12.2. The molecule has 0 N–H and O–H groups in total. The third-order valence-electron chi connectivity index (χ3n) is 3.25. The summed E-state index contributed by atoms with van der Waals surface area (Å²) in [6.07, 6.45) is 5.52. The lowest BCUT2D eigenvalue weighted by atomic mass is 9.94. The van der Waals surface area contributed by atoms with Crippen molar-refractivity contribution in [2.75, 3.05) is 0 Å². The number of likely N-dealkylation sites (tertiary alicyclic amines) is 1. The van der Waals surface area contributed by atoms with Crippen LogP contribution in [0.3, 0.4) is 0 Å². The Bertz CT molecular complexity index is 255. The molecule has 1 amide bonds. The maximum Gasteiger partial charge on any atom is 0.410 e. The van der Waals surface area contributed by atoms with Crippen molar-refractivity contribution >= 4 is 6.09 Å². The van der Waals surface area contributed by atoms with Crippen LogP contribution in [0.4, 0.5) is 4.79 Å². The predicted octanol–water partition coefficient (Wildman–Crippen LogP) is 3.96. The normalized spacial score (nSPS) is 25.8. The third-order valence-corrected chi connectivity index (χ3v) is 3.25. The van der Waals surface area contributed by atoms with Gasteiger partial charge in [0.15, 0.2) is 0 Å². The van der Waals surface area contributed by atoms with Crippen molar-refractivity contribution in [2.24, 2.45) is 0 Å². The lowest BCUT2D eigenvalue weighted by Crippen LogP contribution is -2.50. The molecule has 1 aliphatic rings. The number of carbonyl (C=O) groups is 1. The molecule has 1 heterocycles. The van der Waals surface area contributed by atoms with E-state index in [1.54, 1.807) is 0 Å². The minimum Gasteiger partial charge on any atom is -0.444 e. The molecule has 1 rings (SSSR count). The quantitative estimate of drug-likeness (QED) is 0.732. The first-order valence-corrected chi connectivity index (χ1v) is 6.86. The molecule has 0 saturated carbocycles. The number of hydrogen-bond donors (Lipinski definition) is 0. The SMILES string of the molecule is CCC[C@@H]1CCC[C@H](C)N1C(=O)OC(C)(C)C. The second-order valence-electron chi connectivity index (χ2n) is 6.11. The fourth-order valence-electron chi connectivity index (χ4n) is 2.55. The van der Waals surface area contributed by atoms with Crippen molar-refractivity contribution in [3.8, 4) is 0 Å². The highest BCUT2D eigenvalue weighted by molar-refractivity contribution is 5.69. The Morgan fingerprint density at radius 2 is 2.00 bits per heavy atom. The molecule has 0 bridgehead atoms. The molecule has 2 atom stereocenters. The van der Waals surface area contributed by atoms with E-state index in [-0.39, 0.29) is 6.09 Å². The Balaban J connectivity index is 2.70. The first-order valence-electron chi connectivity index (χ1n) is 6.86. The number of rotatable bonds is 2. The molecular formula is C14H27NO2. The van der Waals surface area contributed by atoms with E-state index < -0.39 is 5.60 Å². The van der Waals surface area contributed by atoms with Crippen molar-refractivity contribution in [1.82, 2.24) is 4.90 Å². The van der Waals surface area contributed by atoms with Gasteiger partial charge >= 0.3 is 6.09 Å². The number of nitrogens with zero attached hydrogens (tertiary/aromatic N) is 1. The molecule has 1 saturated heterocycles. The molecule has 0 aromatic carbocycles. The van der Waals surface area contributed by atoms with E-state index in [1.165, 1.54) is 6.42 Å². The number of ether oxygens (including phenoxy) is 1. The smallest absolute Gasteiger partial charge is 0.410 e. The van der Waals surface area contributed by atoms with Crippen LogP contribution in [0.25, 0.3) is 0 Å². The van der Waals surface area contributed by atoms with Crippen LogP contribution in [0.5, 0.6) is 0 Å². The Morgan fingerprint density at radius 3 is 2.53 bits per heavy atom. The molecule has 17 heavy (non-hydrogen) atoms. The Labute approximate surface area is 106 Å². The van der Waals surface area contributed by atoms with Crippen LogP contribution in [0.1, 0.15) is 66.7 Å². The molecule has 0 radical (unpaired) electrons. The molecule has 0 aromatic rings. The Kier molecular flexibility index (Phi) is 4.84. The second-order valence-corrected chi connectivity index (χ2v) is 6.11. The monoisotopic (exact) mass is 241 g/mol. The van der Waals surface area contributed by atoms with Crippen LogP contribution in [0.15, 0.2) is 0 Å². The van der Waals surface area contributed by atoms with E-state index >= 15 is 0 Å². The van der Waals surface area contributed by atoms with Crippen LogP contribution >= 0.6 is 0 Å². The maximum atomic E-state index is 12.2. The van der Waals surface area contributed by atoms with Crippen molar-refractivity contribution < 1.29 is 9.53 Å². The van der Waals surface area contributed by atoms with Gasteiger partial charge in [-0.25, -0.2) is 4.79 Å². The summed E-state index contributed by atoms with van der Waals surface area (Å²) in [7, 11) is 0. The third kappa shape index (κ3) is 4.21. The highest BCUT2D eigenvalue weighted by Crippen LogP contribution is 2.27. The summed E-state index contributed by atoms with van der Waals surface area (Å²) in [5.74, 6) is 0. The van der Waals surface area contributed by atoms with E-state index in [2.05, 4.69) is 13.8 Å². The van der Waals surface area contributed by atoms with Gasteiger partial charge in [-0.05, 0) is 53.4 Å². The molecule has 0 aliphatic carbocycles. The zero-order valence-electron chi connectivity index (χ0n) is 12.0. The predicted molar refractivity (Wildman–Crippen MR) is 70.1 cm³/mol. The van der Waals surface area contributed by atoms with E-state index in [0.717, 1.165) is 25.7 Å². The van der Waals surface area contributed by atoms with Gasteiger partial charge in [0.2, 0.25) is 0 Å². The largest absolute Gasteiger partial charge is 0.444 e. The average molecular weight is 241 g/mol. The first kappa shape index (κ1) is 14.3. The number of piperidine rings is 1. The average Bonchev–Trinajstić information content (AvgIpc) is 2.15. The fraction of sp³-hybridized carbons (Fsp3) is 0.929. The lowest BCUT2D eigenvalue weighted by Gasteiger charge is -2.41. The summed E-state index contributed by atoms with van der Waals surface area (Å²) < 4.78 is 5.51. The Morgan fingerprint density at radius 1 is 1.35 bits per heavy atom. The summed E-state index contributed by atoms with van der Waals surface area (Å²) in [5.41, 5.74) is -0.398. The van der Waals surface area contributed by atoms with Crippen molar-refractivity contribution in [3.05, 3.63) is 0 Å². The molecule has 3 nitrogen and oxygen atoms in total. The van der Waals surface area contributed by atoms with Gasteiger partial charge in [0, 0.05) is 12.1 Å². The van der Waals surface area contributed by atoms with E-state index in [9.17, 15) is 4.79 Å². The number of hydrogen-bond acceptors (Lipinski definition) is 2. The van der Waals surface area contributed by atoms with Crippen LogP contribution in [-0.4, -0.2) is 28.7 Å². The summed E-state index contributed by atoms with van der Waals surface area (Å²) in [6.45, 7) is 10.1. The summed E-state index contributed by atoms with van der Waals surface area (Å²) in [6, 6.07) is 0.689. The van der Waals surface area contributed by atoms with Crippen molar-refractivity contribution in [1.29, 1.82) is 0 Å². The minimum absolute atomic E-state index is 0.136. The second kappa shape index (κ2) is 5.74. The van der Waals surface area contributed by atoms with Gasteiger partial charge in [0.1, 0.15) is 5.60 Å². The van der Waals surface area contributed by atoms with E-state index in [0.29, 0.717) is 12.1 Å². The topological polar surface area (TPSA) is 29.5 Å². The fourth-order valence-corrected chi connectivity index (χ4v) is 2.55. The van der Waals surface area contributed by atoms with Gasteiger partial charge in [-0.15, -0.1) is 0 Å². The van der Waals surface area contributed by atoms with Gasteiger partial charge < -0.3 is 9.64 Å². The number of carbonyl (C=O) groups excluding carboxylic acids is 1.